The molecular weight excluding hydrogens is 448 g/mol. The molecule has 1 amide bonds. The largest absolute Gasteiger partial charge is 0.534 e. The van der Waals surface area contributed by atoms with Crippen molar-refractivity contribution in [1.82, 2.24) is 0 Å². The molecule has 0 saturated heterocycles. The molecular formula is C16H9F6NO6S. The van der Waals surface area contributed by atoms with Crippen LogP contribution in [0.5, 0.6) is 5.75 Å². The maximum Gasteiger partial charge on any atom is 0.534 e. The first-order valence-electron chi connectivity index (χ1n) is 7.49. The highest BCUT2D eigenvalue weighted by Crippen LogP contribution is 2.32. The molecule has 0 bridgehead atoms. The Balaban J connectivity index is 2.40. The van der Waals surface area contributed by atoms with Gasteiger partial charge in [0, 0.05) is 5.69 Å². The van der Waals surface area contributed by atoms with Gasteiger partial charge in [-0.3, -0.25) is 4.79 Å². The quantitative estimate of drug-likeness (QED) is 0.401. The summed E-state index contributed by atoms with van der Waals surface area (Å²) < 4.78 is 101. The van der Waals surface area contributed by atoms with Crippen molar-refractivity contribution in [2.45, 2.75) is 11.7 Å². The van der Waals surface area contributed by atoms with E-state index < -0.39 is 56.1 Å². The van der Waals surface area contributed by atoms with Crippen molar-refractivity contribution < 1.29 is 53.6 Å². The third kappa shape index (κ3) is 5.00. The number of alkyl halides is 6. The fourth-order valence-electron chi connectivity index (χ4n) is 2.12. The van der Waals surface area contributed by atoms with Gasteiger partial charge in [-0.25, -0.2) is 4.79 Å². The van der Waals surface area contributed by atoms with E-state index >= 15 is 0 Å². The minimum atomic E-state index is -6.23. The van der Waals surface area contributed by atoms with Gasteiger partial charge in [0.2, 0.25) is 0 Å². The first kappa shape index (κ1) is 23.0. The van der Waals surface area contributed by atoms with Crippen LogP contribution in [0.2, 0.25) is 0 Å². The summed E-state index contributed by atoms with van der Waals surface area (Å²) in [5, 5.41) is 11.3. The first-order valence-corrected chi connectivity index (χ1v) is 8.90. The highest BCUT2D eigenvalue weighted by molar-refractivity contribution is 7.88. The van der Waals surface area contributed by atoms with Crippen LogP contribution in [0, 0.1) is 0 Å². The van der Waals surface area contributed by atoms with Crippen LogP contribution in [0.15, 0.2) is 42.5 Å². The number of aromatic carboxylic acids is 1. The van der Waals surface area contributed by atoms with E-state index in [0.29, 0.717) is 18.2 Å². The van der Waals surface area contributed by atoms with Crippen LogP contribution < -0.4 is 9.50 Å². The summed E-state index contributed by atoms with van der Waals surface area (Å²) in [5.41, 5.74) is -9.08. The van der Waals surface area contributed by atoms with Gasteiger partial charge in [-0.1, -0.05) is 6.07 Å². The zero-order valence-electron chi connectivity index (χ0n) is 14.2. The molecule has 0 radical (unpaired) electrons. The van der Waals surface area contributed by atoms with Crippen LogP contribution >= 0.6 is 0 Å². The number of hydrogen-bond donors (Lipinski definition) is 2. The van der Waals surface area contributed by atoms with Gasteiger partial charge in [0.1, 0.15) is 5.56 Å². The predicted octanol–water partition coefficient (Wildman–Crippen LogP) is 3.88. The maximum atomic E-state index is 12.6. The molecule has 0 aromatic heterocycles. The fourth-order valence-corrected chi connectivity index (χ4v) is 2.59. The third-order valence-corrected chi connectivity index (χ3v) is 4.40. The number of amides is 1. The summed E-state index contributed by atoms with van der Waals surface area (Å²) in [6, 6.07) is 5.25. The van der Waals surface area contributed by atoms with Gasteiger partial charge in [0.05, 0.1) is 11.1 Å². The Morgan fingerprint density at radius 2 is 1.50 bits per heavy atom. The van der Waals surface area contributed by atoms with Gasteiger partial charge < -0.3 is 14.6 Å². The van der Waals surface area contributed by atoms with Crippen molar-refractivity contribution in [3.8, 4) is 5.75 Å². The molecule has 2 N–H and O–H groups in total. The normalized spacial score (nSPS) is 12.3. The van der Waals surface area contributed by atoms with E-state index in [1.165, 1.54) is 0 Å². The number of hydrogen-bond acceptors (Lipinski definition) is 5. The van der Waals surface area contributed by atoms with Crippen LogP contribution in [-0.4, -0.2) is 30.9 Å². The molecule has 14 heteroatoms. The Labute approximate surface area is 164 Å². The molecule has 0 heterocycles. The van der Waals surface area contributed by atoms with Crippen LogP contribution in [0.1, 0.15) is 26.3 Å². The Morgan fingerprint density at radius 1 is 0.933 bits per heavy atom. The summed E-state index contributed by atoms with van der Waals surface area (Å²) in [7, 11) is -6.23. The van der Waals surface area contributed by atoms with E-state index in [4.69, 9.17) is 0 Å². The van der Waals surface area contributed by atoms with Gasteiger partial charge in [-0.15, -0.1) is 0 Å². The lowest BCUT2D eigenvalue weighted by Crippen LogP contribution is -2.29. The average Bonchev–Trinajstić information content (AvgIpc) is 2.59. The minimum absolute atomic E-state index is 0.196. The smallest absolute Gasteiger partial charge is 0.478 e. The fraction of sp³-hybridized carbons (Fsp3) is 0.125. The number of carbonyl (C=O) groups is 2. The molecule has 0 spiro atoms. The summed E-state index contributed by atoms with van der Waals surface area (Å²) in [5.74, 6) is -4.51. The maximum absolute atomic E-state index is 12.6. The molecule has 0 saturated carbocycles. The molecule has 0 aliphatic heterocycles. The Hall–Kier alpha value is -3.29. The summed E-state index contributed by atoms with van der Waals surface area (Å²) in [6.45, 7) is 0. The second-order valence-corrected chi connectivity index (χ2v) is 7.03. The molecule has 162 valence electrons. The minimum Gasteiger partial charge on any atom is -0.478 e. The first-order chi connectivity index (χ1) is 13.6. The van der Waals surface area contributed by atoms with E-state index in [1.54, 1.807) is 0 Å². The standard InChI is InChI=1S/C16H9F6NO6S/c17-15(18,19)8-4-6-9(7-5-8)23-13(24)10-2-1-3-11(12(10)14(25)26)29-30(27,28)16(20,21)22/h1-7H,(H,23,24)(H,25,26). The highest BCUT2D eigenvalue weighted by atomic mass is 32.2. The summed E-state index contributed by atoms with van der Waals surface area (Å²) in [4.78, 5) is 23.7. The van der Waals surface area contributed by atoms with Crippen molar-refractivity contribution in [2.24, 2.45) is 0 Å². The number of anilines is 1. The number of halogens is 6. The molecule has 0 unspecified atom stereocenters. The van der Waals surface area contributed by atoms with Crippen molar-refractivity contribution in [2.75, 3.05) is 5.32 Å². The summed E-state index contributed by atoms with van der Waals surface area (Å²) in [6.07, 6.45) is -4.64. The van der Waals surface area contributed by atoms with E-state index in [9.17, 15) is 49.5 Å². The molecule has 2 aromatic carbocycles. The zero-order valence-corrected chi connectivity index (χ0v) is 15.0. The molecule has 0 aliphatic rings. The van der Waals surface area contributed by atoms with Crippen LogP contribution in [0.25, 0.3) is 0 Å². The second-order valence-electron chi connectivity index (χ2n) is 5.50. The molecule has 2 aromatic rings. The van der Waals surface area contributed by atoms with Crippen LogP contribution in [0.4, 0.5) is 32.0 Å². The van der Waals surface area contributed by atoms with Crippen molar-refractivity contribution >= 4 is 27.7 Å². The third-order valence-electron chi connectivity index (χ3n) is 3.44. The van der Waals surface area contributed by atoms with Gasteiger partial charge in [0.15, 0.2) is 5.75 Å². The number of carboxylic acids is 1. The van der Waals surface area contributed by atoms with Crippen molar-refractivity contribution in [3.05, 3.63) is 59.2 Å². The van der Waals surface area contributed by atoms with E-state index in [1.807, 2.05) is 0 Å². The van der Waals surface area contributed by atoms with E-state index in [2.05, 4.69) is 9.50 Å². The molecule has 2 rings (SSSR count). The van der Waals surface area contributed by atoms with Gasteiger partial charge in [-0.05, 0) is 36.4 Å². The molecule has 0 atom stereocenters. The number of carbonyl (C=O) groups excluding carboxylic acids is 1. The lowest BCUT2D eigenvalue weighted by Gasteiger charge is -2.14. The molecule has 30 heavy (non-hydrogen) atoms. The SMILES string of the molecule is O=C(Nc1ccc(C(F)(F)F)cc1)c1cccc(OS(=O)(=O)C(F)(F)F)c1C(=O)O. The highest BCUT2D eigenvalue weighted by Gasteiger charge is 2.49. The number of nitrogens with one attached hydrogen (secondary N) is 1. The van der Waals surface area contributed by atoms with Crippen molar-refractivity contribution in [3.63, 3.8) is 0 Å². The monoisotopic (exact) mass is 457 g/mol. The zero-order chi connectivity index (χ0) is 22.9. The van der Waals surface area contributed by atoms with Gasteiger partial charge in [-0.2, -0.15) is 34.8 Å². The summed E-state index contributed by atoms with van der Waals surface area (Å²) >= 11 is 0. The lowest BCUT2D eigenvalue weighted by atomic mass is 10.1. The number of carboxylic acid groups (broad SMARTS) is 1. The average molecular weight is 457 g/mol. The molecule has 0 aliphatic carbocycles. The van der Waals surface area contributed by atoms with Crippen LogP contribution in [-0.2, 0) is 16.3 Å². The number of rotatable bonds is 5. The second kappa shape index (κ2) is 7.85. The van der Waals surface area contributed by atoms with Gasteiger partial charge in [0.25, 0.3) is 5.91 Å². The van der Waals surface area contributed by atoms with E-state index in [0.717, 1.165) is 24.3 Å². The van der Waals surface area contributed by atoms with Gasteiger partial charge >= 0.3 is 27.8 Å². The van der Waals surface area contributed by atoms with Crippen molar-refractivity contribution in [1.29, 1.82) is 0 Å². The lowest BCUT2D eigenvalue weighted by molar-refractivity contribution is -0.137. The molecule has 7 nitrogen and oxygen atoms in total. The van der Waals surface area contributed by atoms with E-state index in [-0.39, 0.29) is 5.69 Å². The topological polar surface area (TPSA) is 110 Å². The predicted molar refractivity (Wildman–Crippen MR) is 88.4 cm³/mol. The number of benzene rings is 2. The Kier molecular flexibility index (Phi) is 6.02. The molecule has 0 fully saturated rings. The Bertz CT molecular complexity index is 1080. The van der Waals surface area contributed by atoms with Crippen LogP contribution in [0.3, 0.4) is 0 Å². The Morgan fingerprint density at radius 3 is 1.97 bits per heavy atom.